The minimum absolute atomic E-state index is 0.0134. The van der Waals surface area contributed by atoms with Crippen LogP contribution in [-0.4, -0.2) is 44.4 Å². The second kappa shape index (κ2) is 11.2. The number of alkyl halides is 3. The van der Waals surface area contributed by atoms with Crippen molar-refractivity contribution in [3.8, 4) is 0 Å². The number of allylic oxidation sites excluding steroid dienone is 1. The smallest absolute Gasteiger partial charge is 0.299 e. The van der Waals surface area contributed by atoms with Crippen molar-refractivity contribution in [3.63, 3.8) is 0 Å². The maximum atomic E-state index is 13.5. The van der Waals surface area contributed by atoms with Crippen molar-refractivity contribution < 1.29 is 22.8 Å². The Labute approximate surface area is 243 Å². The Bertz CT molecular complexity index is 1600. The fourth-order valence-electron chi connectivity index (χ4n) is 7.05. The van der Waals surface area contributed by atoms with E-state index in [1.165, 1.54) is 12.3 Å². The van der Waals surface area contributed by atoms with Gasteiger partial charge in [-0.25, -0.2) is 4.98 Å². The van der Waals surface area contributed by atoms with Gasteiger partial charge in [-0.1, -0.05) is 31.2 Å². The number of rotatable bonds is 9. The third kappa shape index (κ3) is 5.70. The number of Topliss-reactive ketones (excluding diaryl/α,β-unsaturated/α-hetero) is 2. The van der Waals surface area contributed by atoms with E-state index in [2.05, 4.69) is 21.9 Å². The summed E-state index contributed by atoms with van der Waals surface area (Å²) in [5.41, 5.74) is 3.12. The van der Waals surface area contributed by atoms with Crippen molar-refractivity contribution in [1.29, 1.82) is 0 Å². The van der Waals surface area contributed by atoms with Crippen molar-refractivity contribution in [2.24, 2.45) is 28.7 Å². The first-order chi connectivity index (χ1) is 20.1. The Morgan fingerprint density at radius 2 is 1.83 bits per heavy atom. The van der Waals surface area contributed by atoms with Gasteiger partial charge in [-0.05, 0) is 67.9 Å². The minimum atomic E-state index is -4.54. The van der Waals surface area contributed by atoms with Crippen LogP contribution in [0.1, 0.15) is 84.7 Å². The molecule has 2 saturated carbocycles. The summed E-state index contributed by atoms with van der Waals surface area (Å²) in [7, 11) is 0. The average molecular weight is 577 g/mol. The molecule has 0 radical (unpaired) electrons. The summed E-state index contributed by atoms with van der Waals surface area (Å²) in [5.74, 6) is 2.22. The molecule has 1 aromatic carbocycles. The van der Waals surface area contributed by atoms with Gasteiger partial charge in [0.1, 0.15) is 11.5 Å². The molecule has 2 aromatic heterocycles. The van der Waals surface area contributed by atoms with Gasteiger partial charge in [0.2, 0.25) is 0 Å². The first-order valence-electron chi connectivity index (χ1n) is 14.9. The highest BCUT2D eigenvalue weighted by Crippen LogP contribution is 2.41. The maximum Gasteiger partial charge on any atom is 0.433 e. The Hall–Kier alpha value is -3.62. The summed E-state index contributed by atoms with van der Waals surface area (Å²) in [6, 6.07) is 5.75. The second-order valence-electron chi connectivity index (χ2n) is 12.5. The van der Waals surface area contributed by atoms with E-state index in [1.54, 1.807) is 16.8 Å². The molecule has 0 N–H and O–H groups in total. The molecule has 0 unspecified atom stereocenters. The number of benzene rings is 1. The lowest BCUT2D eigenvalue weighted by molar-refractivity contribution is -0.124. The summed E-state index contributed by atoms with van der Waals surface area (Å²) in [4.78, 5) is 38.2. The van der Waals surface area contributed by atoms with Crippen molar-refractivity contribution in [2.75, 3.05) is 6.54 Å². The molecule has 0 saturated heterocycles. The van der Waals surface area contributed by atoms with Crippen molar-refractivity contribution in [2.45, 2.75) is 71.4 Å². The van der Waals surface area contributed by atoms with Gasteiger partial charge in [0.05, 0.1) is 24.1 Å². The number of nitrogens with zero attached hydrogens (tertiary/aromatic N) is 4. The monoisotopic (exact) mass is 576 g/mol. The number of imidazole rings is 1. The standard InChI is InChI=1S/C33H35F3N4O2/c1-19-3-5-24(11-19)29(41)16-22-13-23(14-22)17-30(42)25-6-4-21(12-20(25)2)15-27-32-39-18-28(40(32)10-9-37-27)26-7-8-38-31(26)33(34,35)36/h4,6-7,9-10,12,18-19,22-24H,3,5,8,11,13-17H2,1-2H3/t19-,22-,23+,24-/m0/s1. The lowest BCUT2D eigenvalue weighted by atomic mass is 9.69. The molecule has 220 valence electrons. The van der Waals surface area contributed by atoms with E-state index in [0.29, 0.717) is 65.4 Å². The molecule has 6 nitrogen and oxygen atoms in total. The van der Waals surface area contributed by atoms with Gasteiger partial charge in [0.25, 0.3) is 0 Å². The molecule has 1 aliphatic heterocycles. The highest BCUT2D eigenvalue weighted by molar-refractivity contribution is 6.27. The zero-order chi connectivity index (χ0) is 29.6. The molecule has 42 heavy (non-hydrogen) atoms. The fraction of sp³-hybridized carbons (Fsp3) is 0.485. The fourth-order valence-corrected chi connectivity index (χ4v) is 7.05. The van der Waals surface area contributed by atoms with Crippen LogP contribution < -0.4 is 0 Å². The van der Waals surface area contributed by atoms with E-state index >= 15 is 0 Å². The van der Waals surface area contributed by atoms with Crippen LogP contribution in [0.2, 0.25) is 0 Å². The molecule has 2 aliphatic carbocycles. The van der Waals surface area contributed by atoms with Crippen LogP contribution in [0.5, 0.6) is 0 Å². The van der Waals surface area contributed by atoms with Crippen LogP contribution in [0, 0.1) is 30.6 Å². The molecule has 2 atom stereocenters. The summed E-state index contributed by atoms with van der Waals surface area (Å²) in [5, 5.41) is 0. The number of fused-ring (bicyclic) bond motifs is 1. The molecule has 3 aromatic rings. The molecule has 6 rings (SSSR count). The Morgan fingerprint density at radius 3 is 2.55 bits per heavy atom. The van der Waals surface area contributed by atoms with Gasteiger partial charge in [-0.2, -0.15) is 13.2 Å². The maximum absolute atomic E-state index is 13.5. The van der Waals surface area contributed by atoms with E-state index in [-0.39, 0.29) is 23.8 Å². The van der Waals surface area contributed by atoms with E-state index in [4.69, 9.17) is 0 Å². The minimum Gasteiger partial charge on any atom is -0.299 e. The largest absolute Gasteiger partial charge is 0.433 e. The van der Waals surface area contributed by atoms with Crippen LogP contribution in [0.4, 0.5) is 13.2 Å². The lowest BCUT2D eigenvalue weighted by Gasteiger charge is -2.35. The molecule has 0 spiro atoms. The van der Waals surface area contributed by atoms with Gasteiger partial charge in [-0.3, -0.25) is 24.0 Å². The Balaban J connectivity index is 1.08. The number of aromatic nitrogens is 3. The lowest BCUT2D eigenvalue weighted by Crippen LogP contribution is -2.29. The predicted molar refractivity (Wildman–Crippen MR) is 155 cm³/mol. The SMILES string of the molecule is Cc1cc(Cc2nccn3c(C4=CCN=C4C(F)(F)F)cnc23)ccc1C(=O)C[C@H]1C[C@@H](CC(=O)[C@H]2CC[C@H](C)C2)C1. The van der Waals surface area contributed by atoms with Gasteiger partial charge >= 0.3 is 6.18 Å². The zero-order valence-corrected chi connectivity index (χ0v) is 24.0. The average Bonchev–Trinajstić information content (AvgIpc) is 3.66. The Kier molecular flexibility index (Phi) is 7.62. The van der Waals surface area contributed by atoms with Crippen LogP contribution in [0.3, 0.4) is 0 Å². The third-order valence-electron chi connectivity index (χ3n) is 9.26. The summed E-state index contributed by atoms with van der Waals surface area (Å²) >= 11 is 0. The van der Waals surface area contributed by atoms with E-state index in [1.807, 2.05) is 25.1 Å². The number of carbonyl (C=O) groups is 2. The highest BCUT2D eigenvalue weighted by atomic mass is 19.4. The van der Waals surface area contributed by atoms with E-state index in [0.717, 1.165) is 43.2 Å². The molecule has 9 heteroatoms. The number of hydrogen-bond donors (Lipinski definition) is 0. The van der Waals surface area contributed by atoms with Crippen LogP contribution >= 0.6 is 0 Å². The second-order valence-corrected chi connectivity index (χ2v) is 12.5. The molecule has 0 bridgehead atoms. The van der Waals surface area contributed by atoms with Gasteiger partial charge in [-0.15, -0.1) is 0 Å². The molecule has 0 amide bonds. The normalized spacial score (nSPS) is 24.0. The molecule has 3 aliphatic rings. The third-order valence-corrected chi connectivity index (χ3v) is 9.26. The topological polar surface area (TPSA) is 76.7 Å². The number of carbonyl (C=O) groups excluding carboxylic acids is 2. The summed E-state index contributed by atoms with van der Waals surface area (Å²) < 4.78 is 42.0. The van der Waals surface area contributed by atoms with Crippen molar-refractivity contribution in [1.82, 2.24) is 14.4 Å². The first-order valence-corrected chi connectivity index (χ1v) is 14.9. The first kappa shape index (κ1) is 28.5. The number of aliphatic imine (C=N–C) groups is 1. The zero-order valence-electron chi connectivity index (χ0n) is 24.0. The molecule has 3 heterocycles. The number of hydrogen-bond acceptors (Lipinski definition) is 5. The van der Waals surface area contributed by atoms with Crippen molar-refractivity contribution >= 4 is 28.5 Å². The van der Waals surface area contributed by atoms with Crippen LogP contribution in [-0.2, 0) is 11.2 Å². The number of aryl methyl sites for hydroxylation is 1. The summed E-state index contributed by atoms with van der Waals surface area (Å²) in [6.45, 7) is 4.14. The van der Waals surface area contributed by atoms with E-state index in [9.17, 15) is 22.8 Å². The number of halogens is 3. The highest BCUT2D eigenvalue weighted by Gasteiger charge is 2.40. The van der Waals surface area contributed by atoms with Crippen LogP contribution in [0.15, 0.2) is 47.9 Å². The quantitative estimate of drug-likeness (QED) is 0.257. The van der Waals surface area contributed by atoms with Gasteiger partial charge in [0.15, 0.2) is 11.4 Å². The van der Waals surface area contributed by atoms with Crippen molar-refractivity contribution in [3.05, 3.63) is 70.9 Å². The molecular weight excluding hydrogens is 541 g/mol. The Morgan fingerprint density at radius 1 is 1.05 bits per heavy atom. The van der Waals surface area contributed by atoms with Crippen LogP contribution in [0.25, 0.3) is 11.2 Å². The molecular formula is C33H35F3N4O2. The predicted octanol–water partition coefficient (Wildman–Crippen LogP) is 7.02. The molecule has 2 fully saturated rings. The van der Waals surface area contributed by atoms with Gasteiger partial charge < -0.3 is 0 Å². The van der Waals surface area contributed by atoms with E-state index < -0.39 is 11.9 Å². The summed E-state index contributed by atoms with van der Waals surface area (Å²) in [6.07, 6.45) is 8.26. The van der Waals surface area contributed by atoms with Gasteiger partial charge in [0, 0.05) is 48.7 Å². The number of ketones is 2.